The highest BCUT2D eigenvalue weighted by atomic mass is 16.1. The minimum absolute atomic E-state index is 0.119. The predicted molar refractivity (Wildman–Crippen MR) is 68.9 cm³/mol. The van der Waals surface area contributed by atoms with Crippen LogP contribution in [0.1, 0.15) is 32.6 Å². The fourth-order valence-electron chi connectivity index (χ4n) is 3.10. The molecule has 1 saturated carbocycles. The van der Waals surface area contributed by atoms with Crippen LogP contribution < -0.4 is 5.32 Å². The lowest BCUT2D eigenvalue weighted by Crippen LogP contribution is -2.52. The van der Waals surface area contributed by atoms with Crippen LogP contribution in [0, 0.1) is 0 Å². The van der Waals surface area contributed by atoms with E-state index in [1.807, 2.05) is 0 Å². The molecule has 1 N–H and O–H groups in total. The zero-order valence-electron chi connectivity index (χ0n) is 11.1. The van der Waals surface area contributed by atoms with Gasteiger partial charge in [0.2, 0.25) is 5.91 Å². The molecule has 1 amide bonds. The van der Waals surface area contributed by atoms with Crippen molar-refractivity contribution in [3.05, 3.63) is 0 Å². The monoisotopic (exact) mass is 239 g/mol. The topological polar surface area (TPSA) is 35.6 Å². The van der Waals surface area contributed by atoms with Gasteiger partial charge in [0.05, 0.1) is 0 Å². The van der Waals surface area contributed by atoms with Crippen LogP contribution in [0.25, 0.3) is 0 Å². The maximum atomic E-state index is 11.1. The molecular formula is C13H25N3O. The van der Waals surface area contributed by atoms with Gasteiger partial charge >= 0.3 is 0 Å². The molecule has 4 heteroatoms. The number of nitrogens with zero attached hydrogens (tertiary/aromatic N) is 2. The molecule has 0 aromatic carbocycles. The van der Waals surface area contributed by atoms with E-state index in [2.05, 4.69) is 22.2 Å². The van der Waals surface area contributed by atoms with Crippen molar-refractivity contribution in [2.45, 2.75) is 44.7 Å². The zero-order chi connectivity index (χ0) is 12.3. The minimum Gasteiger partial charge on any atom is -0.354 e. The largest absolute Gasteiger partial charge is 0.354 e. The SMILES string of the molecule is CC(=O)N[C@H]1CCC[C@@H](N2CCN(C)CC2)C1. The molecule has 2 rings (SSSR count). The number of hydrogen-bond acceptors (Lipinski definition) is 3. The van der Waals surface area contributed by atoms with Crippen LogP contribution >= 0.6 is 0 Å². The summed E-state index contributed by atoms with van der Waals surface area (Å²) in [5.41, 5.74) is 0. The van der Waals surface area contributed by atoms with Crippen molar-refractivity contribution in [1.82, 2.24) is 15.1 Å². The predicted octanol–water partition coefficient (Wildman–Crippen LogP) is 0.681. The number of hydrogen-bond donors (Lipinski definition) is 1. The summed E-state index contributed by atoms with van der Waals surface area (Å²) in [5.74, 6) is 0.119. The smallest absolute Gasteiger partial charge is 0.217 e. The van der Waals surface area contributed by atoms with Gasteiger partial charge in [0.25, 0.3) is 0 Å². The molecule has 1 saturated heterocycles. The molecule has 17 heavy (non-hydrogen) atoms. The Morgan fingerprint density at radius 1 is 1.18 bits per heavy atom. The van der Waals surface area contributed by atoms with Gasteiger partial charge < -0.3 is 10.2 Å². The highest BCUT2D eigenvalue weighted by Gasteiger charge is 2.28. The third-order valence-corrected chi connectivity index (χ3v) is 4.11. The minimum atomic E-state index is 0.119. The van der Waals surface area contributed by atoms with Crippen molar-refractivity contribution in [3.8, 4) is 0 Å². The summed E-state index contributed by atoms with van der Waals surface area (Å²) in [5, 5.41) is 3.08. The molecule has 0 radical (unpaired) electrons. The molecule has 0 unspecified atom stereocenters. The molecule has 2 atom stereocenters. The number of piperazine rings is 1. The Bertz CT molecular complexity index is 261. The standard InChI is InChI=1S/C13H25N3O/c1-11(17)14-12-4-3-5-13(10-12)16-8-6-15(2)7-9-16/h12-13H,3-10H2,1-2H3,(H,14,17)/t12-,13+/m0/s1. The van der Waals surface area contributed by atoms with Crippen LogP contribution in [-0.2, 0) is 4.79 Å². The number of carbonyl (C=O) groups excluding carboxylic acids is 1. The number of carbonyl (C=O) groups is 1. The Hall–Kier alpha value is -0.610. The first kappa shape index (κ1) is 12.8. The van der Waals surface area contributed by atoms with E-state index in [1.165, 1.54) is 39.0 Å². The molecule has 4 nitrogen and oxygen atoms in total. The van der Waals surface area contributed by atoms with Crippen LogP contribution in [0.5, 0.6) is 0 Å². The summed E-state index contributed by atoms with van der Waals surface area (Å²) in [6.45, 7) is 6.37. The van der Waals surface area contributed by atoms with E-state index in [0.717, 1.165) is 12.8 Å². The first-order valence-electron chi connectivity index (χ1n) is 6.85. The summed E-state index contributed by atoms with van der Waals surface area (Å²) < 4.78 is 0. The van der Waals surface area contributed by atoms with Gasteiger partial charge in [-0.05, 0) is 32.7 Å². The molecule has 2 fully saturated rings. The lowest BCUT2D eigenvalue weighted by atomic mass is 9.89. The van der Waals surface area contributed by atoms with Gasteiger partial charge in [-0.15, -0.1) is 0 Å². The number of likely N-dealkylation sites (N-methyl/N-ethyl adjacent to an activating group) is 1. The van der Waals surface area contributed by atoms with Gasteiger partial charge in [-0.25, -0.2) is 0 Å². The molecule has 2 aliphatic rings. The zero-order valence-corrected chi connectivity index (χ0v) is 11.1. The fourth-order valence-corrected chi connectivity index (χ4v) is 3.10. The first-order valence-corrected chi connectivity index (χ1v) is 6.85. The van der Waals surface area contributed by atoms with E-state index in [0.29, 0.717) is 12.1 Å². The molecular weight excluding hydrogens is 214 g/mol. The van der Waals surface area contributed by atoms with E-state index >= 15 is 0 Å². The van der Waals surface area contributed by atoms with E-state index in [-0.39, 0.29) is 5.91 Å². The van der Waals surface area contributed by atoms with Gasteiger partial charge in [-0.1, -0.05) is 0 Å². The fraction of sp³-hybridized carbons (Fsp3) is 0.923. The van der Waals surface area contributed by atoms with Gasteiger partial charge in [0.1, 0.15) is 0 Å². The molecule has 1 aliphatic carbocycles. The quantitative estimate of drug-likeness (QED) is 0.770. The Balaban J connectivity index is 1.82. The lowest BCUT2D eigenvalue weighted by molar-refractivity contribution is -0.120. The highest BCUT2D eigenvalue weighted by molar-refractivity contribution is 5.73. The summed E-state index contributed by atoms with van der Waals surface area (Å²) in [6, 6.07) is 1.10. The van der Waals surface area contributed by atoms with Crippen LogP contribution in [0.3, 0.4) is 0 Å². The summed E-state index contributed by atoms with van der Waals surface area (Å²) >= 11 is 0. The third kappa shape index (κ3) is 3.68. The van der Waals surface area contributed by atoms with Crippen LogP contribution in [-0.4, -0.2) is 61.0 Å². The second kappa shape index (κ2) is 5.83. The molecule has 98 valence electrons. The Kier molecular flexibility index (Phi) is 4.40. The second-order valence-electron chi connectivity index (χ2n) is 5.56. The first-order chi connectivity index (χ1) is 8.15. The van der Waals surface area contributed by atoms with Gasteiger partial charge in [0.15, 0.2) is 0 Å². The number of rotatable bonds is 2. The number of amides is 1. The molecule has 0 aromatic rings. The average Bonchev–Trinajstić information content (AvgIpc) is 2.29. The van der Waals surface area contributed by atoms with Crippen LogP contribution in [0.15, 0.2) is 0 Å². The van der Waals surface area contributed by atoms with Crippen LogP contribution in [0.2, 0.25) is 0 Å². The Morgan fingerprint density at radius 3 is 2.53 bits per heavy atom. The molecule has 1 heterocycles. The van der Waals surface area contributed by atoms with E-state index in [1.54, 1.807) is 6.92 Å². The van der Waals surface area contributed by atoms with Crippen molar-refractivity contribution in [1.29, 1.82) is 0 Å². The maximum Gasteiger partial charge on any atom is 0.217 e. The Morgan fingerprint density at radius 2 is 1.88 bits per heavy atom. The van der Waals surface area contributed by atoms with Crippen LogP contribution in [0.4, 0.5) is 0 Å². The van der Waals surface area contributed by atoms with Gasteiger partial charge in [0, 0.05) is 45.2 Å². The van der Waals surface area contributed by atoms with E-state index in [9.17, 15) is 4.79 Å². The van der Waals surface area contributed by atoms with Crippen molar-refractivity contribution in [3.63, 3.8) is 0 Å². The summed E-state index contributed by atoms with van der Waals surface area (Å²) in [4.78, 5) is 16.1. The van der Waals surface area contributed by atoms with Gasteiger partial charge in [-0.2, -0.15) is 0 Å². The highest BCUT2D eigenvalue weighted by Crippen LogP contribution is 2.24. The average molecular weight is 239 g/mol. The van der Waals surface area contributed by atoms with Crippen molar-refractivity contribution < 1.29 is 4.79 Å². The molecule has 1 aliphatic heterocycles. The second-order valence-corrected chi connectivity index (χ2v) is 5.56. The third-order valence-electron chi connectivity index (χ3n) is 4.11. The van der Waals surface area contributed by atoms with E-state index < -0.39 is 0 Å². The summed E-state index contributed by atoms with van der Waals surface area (Å²) in [7, 11) is 2.19. The summed E-state index contributed by atoms with van der Waals surface area (Å²) in [6.07, 6.45) is 4.86. The number of nitrogens with one attached hydrogen (secondary N) is 1. The Labute approximate surface area is 104 Å². The normalized spacial score (nSPS) is 32.4. The van der Waals surface area contributed by atoms with Gasteiger partial charge in [-0.3, -0.25) is 9.69 Å². The van der Waals surface area contributed by atoms with E-state index in [4.69, 9.17) is 0 Å². The lowest BCUT2D eigenvalue weighted by Gasteiger charge is -2.41. The molecule has 0 aromatic heterocycles. The van der Waals surface area contributed by atoms with Crippen molar-refractivity contribution in [2.24, 2.45) is 0 Å². The van der Waals surface area contributed by atoms with Crippen molar-refractivity contribution in [2.75, 3.05) is 33.2 Å². The maximum absolute atomic E-state index is 11.1. The molecule has 0 bridgehead atoms. The van der Waals surface area contributed by atoms with Crippen molar-refractivity contribution >= 4 is 5.91 Å². The molecule has 0 spiro atoms.